The van der Waals surface area contributed by atoms with Crippen LogP contribution in [0, 0.1) is 0 Å². The molecule has 0 spiro atoms. The Morgan fingerprint density at radius 1 is 1.00 bits per heavy atom. The second-order valence-electron chi connectivity index (χ2n) is 6.66. The summed E-state index contributed by atoms with van der Waals surface area (Å²) in [6.07, 6.45) is 4.17. The van der Waals surface area contributed by atoms with Gasteiger partial charge >= 0.3 is 0 Å². The van der Waals surface area contributed by atoms with Gasteiger partial charge in [-0.25, -0.2) is 8.42 Å². The van der Waals surface area contributed by atoms with E-state index >= 15 is 0 Å². The van der Waals surface area contributed by atoms with Crippen molar-refractivity contribution in [1.82, 2.24) is 14.8 Å². The number of fused-ring (bicyclic) bond motifs is 1. The third-order valence-electron chi connectivity index (χ3n) is 4.68. The standard InChI is InChI=1S/C19H18Cl2N4O2S/c20-13-5-4-6-15(11-13)28(26,27)24-14-8-9-17(21)16(12-14)19-23-22-18-7-2-1-3-10-25(18)19/h4-6,8-9,11-12,24H,1-3,7,10H2. The van der Waals surface area contributed by atoms with Crippen LogP contribution >= 0.6 is 23.2 Å². The number of aromatic nitrogens is 3. The fourth-order valence-electron chi connectivity index (χ4n) is 3.29. The summed E-state index contributed by atoms with van der Waals surface area (Å²) in [5.41, 5.74) is 1.04. The van der Waals surface area contributed by atoms with Crippen LogP contribution in [0.25, 0.3) is 11.4 Å². The minimum atomic E-state index is -3.78. The molecule has 1 aromatic heterocycles. The number of aryl methyl sites for hydroxylation is 1. The molecule has 0 saturated heterocycles. The predicted octanol–water partition coefficient (Wildman–Crippen LogP) is 4.78. The molecule has 0 atom stereocenters. The third-order valence-corrected chi connectivity index (χ3v) is 6.62. The number of nitrogens with one attached hydrogen (secondary N) is 1. The van der Waals surface area contributed by atoms with Crippen molar-refractivity contribution >= 4 is 38.9 Å². The Morgan fingerprint density at radius 2 is 1.86 bits per heavy atom. The van der Waals surface area contributed by atoms with Crippen LogP contribution in [0.4, 0.5) is 5.69 Å². The Kier molecular flexibility index (Phi) is 5.31. The molecule has 1 aliphatic heterocycles. The molecule has 2 aromatic carbocycles. The Balaban J connectivity index is 1.70. The van der Waals surface area contributed by atoms with Crippen molar-refractivity contribution in [3.05, 3.63) is 58.3 Å². The van der Waals surface area contributed by atoms with E-state index in [1.165, 1.54) is 12.1 Å². The van der Waals surface area contributed by atoms with E-state index in [1.807, 2.05) is 0 Å². The van der Waals surface area contributed by atoms with Gasteiger partial charge in [-0.15, -0.1) is 10.2 Å². The molecular weight excluding hydrogens is 419 g/mol. The first kappa shape index (κ1) is 19.2. The van der Waals surface area contributed by atoms with Crippen LogP contribution in [0.5, 0.6) is 0 Å². The average Bonchev–Trinajstić information content (AvgIpc) is 2.91. The monoisotopic (exact) mass is 436 g/mol. The first-order chi connectivity index (χ1) is 13.4. The zero-order chi connectivity index (χ0) is 19.7. The van der Waals surface area contributed by atoms with E-state index in [0.29, 0.717) is 27.1 Å². The molecule has 2 heterocycles. The van der Waals surface area contributed by atoms with E-state index in [-0.39, 0.29) is 4.90 Å². The molecular formula is C19H18Cl2N4O2S. The van der Waals surface area contributed by atoms with Crippen molar-refractivity contribution in [2.45, 2.75) is 37.1 Å². The van der Waals surface area contributed by atoms with E-state index in [1.54, 1.807) is 30.3 Å². The maximum Gasteiger partial charge on any atom is 0.261 e. The van der Waals surface area contributed by atoms with Gasteiger partial charge in [0.2, 0.25) is 0 Å². The Morgan fingerprint density at radius 3 is 2.68 bits per heavy atom. The van der Waals surface area contributed by atoms with Crippen LogP contribution in [0.2, 0.25) is 10.0 Å². The number of anilines is 1. The molecule has 4 rings (SSSR count). The van der Waals surface area contributed by atoms with Gasteiger partial charge < -0.3 is 4.57 Å². The largest absolute Gasteiger partial charge is 0.311 e. The quantitative estimate of drug-likeness (QED) is 0.638. The molecule has 1 aliphatic rings. The molecule has 9 heteroatoms. The van der Waals surface area contributed by atoms with Crippen molar-refractivity contribution in [3.63, 3.8) is 0 Å². The molecule has 146 valence electrons. The van der Waals surface area contributed by atoms with Crippen LogP contribution in [0.3, 0.4) is 0 Å². The predicted molar refractivity (Wildman–Crippen MR) is 110 cm³/mol. The molecule has 3 aromatic rings. The normalized spacial score (nSPS) is 14.4. The molecule has 6 nitrogen and oxygen atoms in total. The fourth-order valence-corrected chi connectivity index (χ4v) is 4.84. The van der Waals surface area contributed by atoms with Crippen molar-refractivity contribution in [3.8, 4) is 11.4 Å². The maximum atomic E-state index is 12.7. The van der Waals surface area contributed by atoms with Gasteiger partial charge in [-0.2, -0.15) is 0 Å². The van der Waals surface area contributed by atoms with Crippen molar-refractivity contribution in [1.29, 1.82) is 0 Å². The average molecular weight is 437 g/mol. The fraction of sp³-hybridized carbons (Fsp3) is 0.263. The second-order valence-corrected chi connectivity index (χ2v) is 9.19. The zero-order valence-electron chi connectivity index (χ0n) is 14.9. The molecule has 0 aliphatic carbocycles. The summed E-state index contributed by atoms with van der Waals surface area (Å²) in [6.45, 7) is 0.826. The number of halogens is 2. The smallest absolute Gasteiger partial charge is 0.261 e. The first-order valence-electron chi connectivity index (χ1n) is 8.94. The number of nitrogens with zero attached hydrogens (tertiary/aromatic N) is 3. The van der Waals surface area contributed by atoms with Crippen molar-refractivity contribution in [2.75, 3.05) is 4.72 Å². The molecule has 0 amide bonds. The number of benzene rings is 2. The van der Waals surface area contributed by atoms with Crippen LogP contribution in [0.1, 0.15) is 25.1 Å². The molecule has 1 N–H and O–H groups in total. The summed E-state index contributed by atoms with van der Waals surface area (Å²) in [7, 11) is -3.78. The van der Waals surface area contributed by atoms with E-state index < -0.39 is 10.0 Å². The van der Waals surface area contributed by atoms with Gasteiger partial charge in [0.1, 0.15) is 5.82 Å². The Bertz CT molecular complexity index is 1130. The van der Waals surface area contributed by atoms with Crippen LogP contribution in [0.15, 0.2) is 47.4 Å². The van der Waals surface area contributed by atoms with Gasteiger partial charge in [-0.1, -0.05) is 35.7 Å². The Labute approximate surface area is 173 Å². The van der Waals surface area contributed by atoms with Crippen LogP contribution in [-0.4, -0.2) is 23.2 Å². The van der Waals surface area contributed by atoms with Gasteiger partial charge in [0.15, 0.2) is 5.82 Å². The van der Waals surface area contributed by atoms with Gasteiger partial charge in [0, 0.05) is 29.2 Å². The Hall–Kier alpha value is -2.09. The molecule has 0 unspecified atom stereocenters. The van der Waals surface area contributed by atoms with E-state index in [9.17, 15) is 8.42 Å². The maximum absolute atomic E-state index is 12.7. The lowest BCUT2D eigenvalue weighted by Gasteiger charge is -2.12. The summed E-state index contributed by atoms with van der Waals surface area (Å²) in [5, 5.41) is 9.45. The van der Waals surface area contributed by atoms with Crippen molar-refractivity contribution < 1.29 is 8.42 Å². The van der Waals surface area contributed by atoms with E-state index in [2.05, 4.69) is 19.5 Å². The second kappa shape index (κ2) is 7.73. The third kappa shape index (κ3) is 3.87. The number of sulfonamides is 1. The molecule has 0 fully saturated rings. The lowest BCUT2D eigenvalue weighted by molar-refractivity contribution is 0.601. The summed E-state index contributed by atoms with van der Waals surface area (Å²) >= 11 is 12.3. The lowest BCUT2D eigenvalue weighted by atomic mass is 10.2. The van der Waals surface area contributed by atoms with Crippen LogP contribution in [-0.2, 0) is 23.0 Å². The molecule has 0 bridgehead atoms. The highest BCUT2D eigenvalue weighted by Crippen LogP contribution is 2.32. The topological polar surface area (TPSA) is 76.9 Å². The summed E-state index contributed by atoms with van der Waals surface area (Å²) in [5.74, 6) is 1.60. The number of hydrogen-bond donors (Lipinski definition) is 1. The van der Waals surface area contributed by atoms with Crippen molar-refractivity contribution in [2.24, 2.45) is 0 Å². The van der Waals surface area contributed by atoms with Gasteiger partial charge in [0.25, 0.3) is 10.0 Å². The summed E-state index contributed by atoms with van der Waals surface area (Å²) < 4.78 is 30.0. The minimum absolute atomic E-state index is 0.0906. The summed E-state index contributed by atoms with van der Waals surface area (Å²) in [6, 6.07) is 11.1. The highest BCUT2D eigenvalue weighted by molar-refractivity contribution is 7.92. The zero-order valence-corrected chi connectivity index (χ0v) is 17.2. The summed E-state index contributed by atoms with van der Waals surface area (Å²) in [4.78, 5) is 0.0906. The number of hydrogen-bond acceptors (Lipinski definition) is 4. The minimum Gasteiger partial charge on any atom is -0.311 e. The van der Waals surface area contributed by atoms with Gasteiger partial charge in [-0.05, 0) is 49.2 Å². The first-order valence-corrected chi connectivity index (χ1v) is 11.2. The lowest BCUT2D eigenvalue weighted by Crippen LogP contribution is -2.13. The molecule has 0 saturated carbocycles. The van der Waals surface area contributed by atoms with Crippen LogP contribution < -0.4 is 4.72 Å². The highest BCUT2D eigenvalue weighted by Gasteiger charge is 2.20. The highest BCUT2D eigenvalue weighted by atomic mass is 35.5. The molecule has 0 radical (unpaired) electrons. The van der Waals surface area contributed by atoms with E-state index in [0.717, 1.165) is 38.1 Å². The molecule has 28 heavy (non-hydrogen) atoms. The number of rotatable bonds is 4. The van der Waals surface area contributed by atoms with Gasteiger partial charge in [0.05, 0.1) is 9.92 Å². The SMILES string of the molecule is O=S(=O)(Nc1ccc(Cl)c(-c2nnc3n2CCCCC3)c1)c1cccc(Cl)c1. The van der Waals surface area contributed by atoms with E-state index in [4.69, 9.17) is 23.2 Å². The van der Waals surface area contributed by atoms with Gasteiger partial charge in [-0.3, -0.25) is 4.72 Å².